The molecule has 9 rings (SSSR count). The summed E-state index contributed by atoms with van der Waals surface area (Å²) in [6.45, 7) is 0. The van der Waals surface area contributed by atoms with Crippen molar-refractivity contribution in [3.63, 3.8) is 0 Å². The molecule has 5 aromatic carbocycles. The van der Waals surface area contributed by atoms with E-state index < -0.39 is 8.16 Å². The normalized spacial score (nSPS) is 20.5. The zero-order chi connectivity index (χ0) is 26.9. The minimum absolute atomic E-state index is 0.202. The number of benzene rings is 5. The predicted octanol–water partition coefficient (Wildman–Crippen LogP) is 10.6. The van der Waals surface area contributed by atoms with Crippen LogP contribution in [0, 0.1) is 5.92 Å². The summed E-state index contributed by atoms with van der Waals surface area (Å²) in [4.78, 5) is 5.20. The summed E-state index contributed by atoms with van der Waals surface area (Å²) >= 11 is 1.78. The molecule has 3 heterocycles. The van der Waals surface area contributed by atoms with Gasteiger partial charge in [0.15, 0.2) is 0 Å². The van der Waals surface area contributed by atoms with Gasteiger partial charge in [0.25, 0.3) is 0 Å². The molecule has 2 aliphatic rings. The number of piperidine rings is 1. The fourth-order valence-corrected chi connectivity index (χ4v) is 10.1. The van der Waals surface area contributed by atoms with Gasteiger partial charge in [-0.15, -0.1) is 11.3 Å². The Morgan fingerprint density at radius 1 is 0.707 bits per heavy atom. The molecule has 0 amide bonds. The van der Waals surface area contributed by atoms with Crippen molar-refractivity contribution in [2.45, 2.75) is 31.3 Å². The molecule has 0 N–H and O–H groups in total. The molecule has 1 saturated heterocycles. The highest BCUT2D eigenvalue weighted by Crippen LogP contribution is 2.57. The van der Waals surface area contributed by atoms with Crippen molar-refractivity contribution in [2.75, 3.05) is 4.67 Å². The third-order valence-corrected chi connectivity index (χ3v) is 11.5. The van der Waals surface area contributed by atoms with Gasteiger partial charge in [0, 0.05) is 27.8 Å². The molecule has 0 spiro atoms. The maximum absolute atomic E-state index is 7.02. The lowest BCUT2D eigenvalue weighted by Crippen LogP contribution is -2.32. The Kier molecular flexibility index (Phi) is 5.41. The maximum Gasteiger partial charge on any atom is 0.310 e. The molecule has 1 aliphatic heterocycles. The van der Waals surface area contributed by atoms with Gasteiger partial charge in [0.05, 0.1) is 11.7 Å². The van der Waals surface area contributed by atoms with Crippen LogP contribution >= 0.6 is 19.5 Å². The summed E-state index contributed by atoms with van der Waals surface area (Å²) in [5, 5.41) is 10.4. The van der Waals surface area contributed by atoms with Crippen molar-refractivity contribution in [3.8, 4) is 11.3 Å². The second-order valence-corrected chi connectivity index (χ2v) is 13.4. The number of aromatic nitrogens is 1. The summed E-state index contributed by atoms with van der Waals surface area (Å²) in [7, 11) is -1.41. The molecule has 7 aromatic rings. The van der Waals surface area contributed by atoms with E-state index in [4.69, 9.17) is 13.4 Å². The standard InChI is InChI=1S/C35H27N2O2PS/c1-2-10-24(11-3-1)29-21-41-35(36-29)34-25-14-17-26(20-25)37(34)40-38-30-18-15-22-8-4-6-12-27(22)32(30)33-28-13-7-5-9-23(28)16-19-31(33)39-40/h1-13,15-16,18-19,21,25-26,34H,14,17,20H2/t25-,26+,34-/m1/s1. The van der Waals surface area contributed by atoms with Gasteiger partial charge in [0.2, 0.25) is 0 Å². The van der Waals surface area contributed by atoms with Crippen LogP contribution in [0.3, 0.4) is 0 Å². The van der Waals surface area contributed by atoms with Crippen LogP contribution in [-0.4, -0.2) is 11.0 Å². The third kappa shape index (κ3) is 3.73. The van der Waals surface area contributed by atoms with Gasteiger partial charge in [-0.3, -0.25) is 0 Å². The Morgan fingerprint density at radius 2 is 1.34 bits per heavy atom. The Bertz CT molecular complexity index is 2040. The number of thiazole rings is 1. The van der Waals surface area contributed by atoms with Crippen LogP contribution in [0.25, 0.3) is 54.7 Å². The van der Waals surface area contributed by atoms with Gasteiger partial charge < -0.3 is 8.39 Å². The lowest BCUT2D eigenvalue weighted by atomic mass is 9.99. The molecule has 0 unspecified atom stereocenters. The molecule has 1 aliphatic carbocycles. The van der Waals surface area contributed by atoms with Crippen LogP contribution < -0.4 is 4.67 Å². The van der Waals surface area contributed by atoms with E-state index >= 15 is 0 Å². The second kappa shape index (κ2) is 9.32. The molecule has 41 heavy (non-hydrogen) atoms. The van der Waals surface area contributed by atoms with E-state index in [1.54, 1.807) is 11.3 Å². The van der Waals surface area contributed by atoms with Crippen LogP contribution in [0.4, 0.5) is 0 Å². The quantitative estimate of drug-likeness (QED) is 0.212. The van der Waals surface area contributed by atoms with E-state index in [9.17, 15) is 0 Å². The van der Waals surface area contributed by atoms with Crippen molar-refractivity contribution >= 4 is 63.0 Å². The molecular formula is C35H27N2O2PS. The van der Waals surface area contributed by atoms with Gasteiger partial charge >= 0.3 is 8.16 Å². The van der Waals surface area contributed by atoms with Gasteiger partial charge in [-0.1, -0.05) is 91.0 Å². The smallest absolute Gasteiger partial charge is 0.310 e. The molecular weight excluding hydrogens is 543 g/mol. The molecule has 1 saturated carbocycles. The SMILES string of the molecule is c1ccc(-c2csc([C@H]3[C@@H]4CC[C@@H](C4)N3p3oc4ccc5ccccc5c4c4c(ccc5ccccc54)o3)n2)cc1. The molecule has 3 atom stereocenters. The average molecular weight is 571 g/mol. The molecule has 0 radical (unpaired) electrons. The summed E-state index contributed by atoms with van der Waals surface area (Å²) in [5.41, 5.74) is 4.02. The third-order valence-electron chi connectivity index (χ3n) is 8.97. The van der Waals surface area contributed by atoms with Crippen LogP contribution in [-0.2, 0) is 0 Å². The molecule has 2 fully saturated rings. The number of hydrogen-bond acceptors (Lipinski definition) is 5. The molecule has 2 bridgehead atoms. The number of fused-ring (bicyclic) bond motifs is 9. The van der Waals surface area contributed by atoms with Crippen molar-refractivity contribution in [2.24, 2.45) is 5.92 Å². The molecule has 2 aromatic heterocycles. The van der Waals surface area contributed by atoms with E-state index in [2.05, 4.69) is 113 Å². The summed E-state index contributed by atoms with van der Waals surface area (Å²) in [6.07, 6.45) is 3.59. The zero-order valence-corrected chi connectivity index (χ0v) is 24.0. The highest BCUT2D eigenvalue weighted by atomic mass is 32.1. The summed E-state index contributed by atoms with van der Waals surface area (Å²) < 4.78 is 16.6. The van der Waals surface area contributed by atoms with Crippen LogP contribution in [0.1, 0.15) is 30.3 Å². The molecule has 4 nitrogen and oxygen atoms in total. The molecule has 6 heteroatoms. The first-order chi connectivity index (χ1) is 20.3. The number of nitrogens with zero attached hydrogens (tertiary/aromatic N) is 2. The highest BCUT2D eigenvalue weighted by molar-refractivity contribution is 7.39. The minimum atomic E-state index is -1.41. The Labute approximate surface area is 242 Å². The largest absolute Gasteiger partial charge is 0.408 e. The van der Waals surface area contributed by atoms with Gasteiger partial charge in [-0.2, -0.15) is 4.67 Å². The first-order valence-electron chi connectivity index (χ1n) is 14.3. The van der Waals surface area contributed by atoms with Crippen molar-refractivity contribution in [3.05, 3.63) is 114 Å². The maximum atomic E-state index is 7.02. The summed E-state index contributed by atoms with van der Waals surface area (Å²) in [5.74, 6) is 0.569. The lowest BCUT2D eigenvalue weighted by molar-refractivity contribution is 0.444. The van der Waals surface area contributed by atoms with Crippen LogP contribution in [0.15, 0.2) is 117 Å². The van der Waals surface area contributed by atoms with E-state index in [0.717, 1.165) is 27.6 Å². The Hall–Kier alpha value is -3.89. The minimum Gasteiger partial charge on any atom is -0.408 e. The second-order valence-electron chi connectivity index (χ2n) is 11.2. The predicted molar refractivity (Wildman–Crippen MR) is 171 cm³/mol. The average Bonchev–Trinajstić information content (AvgIpc) is 3.76. The topological polar surface area (TPSA) is 42.4 Å². The van der Waals surface area contributed by atoms with Gasteiger partial charge in [0.1, 0.15) is 16.2 Å². The monoisotopic (exact) mass is 570 g/mol. The van der Waals surface area contributed by atoms with Crippen LogP contribution in [0.2, 0.25) is 0 Å². The van der Waals surface area contributed by atoms with E-state index in [0.29, 0.717) is 12.0 Å². The lowest BCUT2D eigenvalue weighted by Gasteiger charge is -2.30. The first kappa shape index (κ1) is 23.8. The zero-order valence-electron chi connectivity index (χ0n) is 22.3. The fraction of sp³-hybridized carbons (Fsp3) is 0.171. The van der Waals surface area contributed by atoms with Crippen molar-refractivity contribution in [1.82, 2.24) is 4.98 Å². The van der Waals surface area contributed by atoms with Gasteiger partial charge in [-0.05, 0) is 58.9 Å². The van der Waals surface area contributed by atoms with E-state index in [1.165, 1.54) is 51.4 Å². The van der Waals surface area contributed by atoms with E-state index in [1.807, 2.05) is 0 Å². The van der Waals surface area contributed by atoms with Gasteiger partial charge in [-0.25, -0.2) is 4.98 Å². The Morgan fingerprint density at radius 3 is 2.02 bits per heavy atom. The molecule has 200 valence electrons. The summed E-state index contributed by atoms with van der Waals surface area (Å²) in [6, 6.07) is 37.0. The van der Waals surface area contributed by atoms with E-state index in [-0.39, 0.29) is 6.04 Å². The fourth-order valence-electron chi connectivity index (χ4n) is 7.13. The van der Waals surface area contributed by atoms with Crippen LogP contribution in [0.5, 0.6) is 0 Å². The number of hydrogen-bond donors (Lipinski definition) is 0. The first-order valence-corrected chi connectivity index (χ1v) is 16.3. The number of rotatable bonds is 3. The van der Waals surface area contributed by atoms with Crippen molar-refractivity contribution < 1.29 is 8.39 Å². The highest BCUT2D eigenvalue weighted by Gasteiger charge is 2.50. The van der Waals surface area contributed by atoms with Crippen molar-refractivity contribution in [1.29, 1.82) is 0 Å². The Balaban J connectivity index is 1.30.